The number of carbonyl (C=O) groups is 2. The summed E-state index contributed by atoms with van der Waals surface area (Å²) < 4.78 is 10.1. The molecule has 1 rings (SSSR count). The normalized spacial score (nSPS) is 14.4. The Morgan fingerprint density at radius 3 is 1.52 bits per heavy atom. The van der Waals surface area contributed by atoms with Gasteiger partial charge in [0, 0.05) is 11.6 Å². The number of Topliss-reactive ketones (excluding diaryl/α,β-unsaturated/α-hetero) is 1. The molecule has 0 unspecified atom stereocenters. The fourth-order valence-electron chi connectivity index (χ4n) is 3.91. The summed E-state index contributed by atoms with van der Waals surface area (Å²) in [6.45, 7) is 2.27. The average molecular weight is 407 g/mol. The van der Waals surface area contributed by atoms with Crippen molar-refractivity contribution in [1.82, 2.24) is 0 Å². The summed E-state index contributed by atoms with van der Waals surface area (Å²) in [5, 5.41) is 0. The van der Waals surface area contributed by atoms with Gasteiger partial charge in [-0.3, -0.25) is 9.59 Å². The predicted octanol–water partition coefficient (Wildman–Crippen LogP) is 6.83. The molecule has 4 heteroatoms. The smallest absolute Gasteiger partial charge is 0.262 e. The minimum Gasteiger partial charge on any atom is -0.492 e. The molecule has 0 saturated carbocycles. The summed E-state index contributed by atoms with van der Waals surface area (Å²) >= 11 is 0. The molecule has 1 aliphatic rings. The summed E-state index contributed by atoms with van der Waals surface area (Å²) in [4.78, 5) is 24.4. The van der Waals surface area contributed by atoms with E-state index in [1.807, 2.05) is 0 Å². The molecule has 0 bridgehead atoms. The van der Waals surface area contributed by atoms with Gasteiger partial charge >= 0.3 is 0 Å². The van der Waals surface area contributed by atoms with Crippen molar-refractivity contribution in [3.8, 4) is 0 Å². The van der Waals surface area contributed by atoms with Crippen molar-refractivity contribution in [3.63, 3.8) is 0 Å². The zero-order valence-corrected chi connectivity index (χ0v) is 19.0. The minimum absolute atomic E-state index is 0.0621. The van der Waals surface area contributed by atoms with E-state index in [0.29, 0.717) is 12.0 Å². The molecular weight excluding hydrogens is 364 g/mol. The number of rotatable bonds is 18. The molecule has 0 spiro atoms. The molecule has 0 saturated heterocycles. The van der Waals surface area contributed by atoms with Crippen molar-refractivity contribution in [3.05, 3.63) is 23.2 Å². The number of methoxy groups -OCH3 is 2. The summed E-state index contributed by atoms with van der Waals surface area (Å²) in [6.07, 6.45) is 21.5. The third kappa shape index (κ3) is 10.1. The summed E-state index contributed by atoms with van der Waals surface area (Å²) in [5.74, 6) is -0.277. The second-order valence-corrected chi connectivity index (χ2v) is 8.12. The van der Waals surface area contributed by atoms with Crippen molar-refractivity contribution in [1.29, 1.82) is 0 Å². The standard InChI is InChI=1S/C25H42O4/c1-4-5-6-7-8-9-10-11-12-13-14-15-16-17-18-19-21-22(26)20-23(28-2)24(27)25(21)29-3/h20H,4-19H2,1-3H3. The summed E-state index contributed by atoms with van der Waals surface area (Å²) in [5.41, 5.74) is 0.494. The summed E-state index contributed by atoms with van der Waals surface area (Å²) in [6, 6.07) is 0. The Hall–Kier alpha value is -1.58. The topological polar surface area (TPSA) is 52.6 Å². The lowest BCUT2D eigenvalue weighted by atomic mass is 9.95. The summed E-state index contributed by atoms with van der Waals surface area (Å²) in [7, 11) is 2.83. The fraction of sp³-hybridized carbons (Fsp3) is 0.760. The van der Waals surface area contributed by atoms with Crippen molar-refractivity contribution in [2.75, 3.05) is 14.2 Å². The molecular formula is C25H42O4. The van der Waals surface area contributed by atoms with E-state index in [4.69, 9.17) is 9.47 Å². The van der Waals surface area contributed by atoms with E-state index in [-0.39, 0.29) is 23.1 Å². The van der Waals surface area contributed by atoms with Gasteiger partial charge in [-0.2, -0.15) is 0 Å². The number of hydrogen-bond acceptors (Lipinski definition) is 4. The van der Waals surface area contributed by atoms with Crippen molar-refractivity contribution >= 4 is 11.6 Å². The highest BCUT2D eigenvalue weighted by atomic mass is 16.5. The van der Waals surface area contributed by atoms with Gasteiger partial charge in [0.1, 0.15) is 0 Å². The van der Waals surface area contributed by atoms with Crippen LogP contribution < -0.4 is 0 Å². The molecule has 0 aliphatic heterocycles. The van der Waals surface area contributed by atoms with Gasteiger partial charge in [-0.1, -0.05) is 96.8 Å². The molecule has 4 nitrogen and oxygen atoms in total. The monoisotopic (exact) mass is 406 g/mol. The second kappa shape index (κ2) is 16.2. The van der Waals surface area contributed by atoms with Gasteiger partial charge in [0.25, 0.3) is 5.78 Å². The van der Waals surface area contributed by atoms with Crippen LogP contribution in [0, 0.1) is 0 Å². The number of hydrogen-bond donors (Lipinski definition) is 0. The third-order valence-corrected chi connectivity index (χ3v) is 5.72. The number of carbonyl (C=O) groups excluding carboxylic acids is 2. The van der Waals surface area contributed by atoms with Crippen LogP contribution in [0.1, 0.15) is 110 Å². The second-order valence-electron chi connectivity index (χ2n) is 8.12. The van der Waals surface area contributed by atoms with E-state index in [9.17, 15) is 9.59 Å². The SMILES string of the molecule is CCCCCCCCCCCCCCCCCC1=C(OC)C(=O)C(OC)=CC1=O. The Morgan fingerprint density at radius 1 is 0.655 bits per heavy atom. The third-order valence-electron chi connectivity index (χ3n) is 5.72. The highest BCUT2D eigenvalue weighted by Gasteiger charge is 2.29. The highest BCUT2D eigenvalue weighted by Crippen LogP contribution is 2.25. The van der Waals surface area contributed by atoms with Crippen LogP contribution in [-0.2, 0) is 19.1 Å². The quantitative estimate of drug-likeness (QED) is 0.185. The fourth-order valence-corrected chi connectivity index (χ4v) is 3.91. The van der Waals surface area contributed by atoms with Crippen LogP contribution >= 0.6 is 0 Å². The molecule has 0 aromatic heterocycles. The van der Waals surface area contributed by atoms with E-state index < -0.39 is 0 Å². The molecule has 166 valence electrons. The first-order valence-corrected chi connectivity index (χ1v) is 11.8. The lowest BCUT2D eigenvalue weighted by Gasteiger charge is -2.17. The maximum Gasteiger partial charge on any atom is 0.262 e. The number of ether oxygens (including phenoxy) is 2. The van der Waals surface area contributed by atoms with Crippen LogP contribution in [0.5, 0.6) is 0 Å². The molecule has 0 N–H and O–H groups in total. The Balaban J connectivity index is 2.03. The molecule has 0 heterocycles. The van der Waals surface area contributed by atoms with E-state index in [0.717, 1.165) is 12.8 Å². The van der Waals surface area contributed by atoms with Gasteiger partial charge in [0.2, 0.25) is 0 Å². The average Bonchev–Trinajstić information content (AvgIpc) is 2.72. The first-order chi connectivity index (χ1) is 14.2. The molecule has 29 heavy (non-hydrogen) atoms. The van der Waals surface area contributed by atoms with Gasteiger partial charge in [-0.05, 0) is 12.8 Å². The Morgan fingerprint density at radius 2 is 1.10 bits per heavy atom. The van der Waals surface area contributed by atoms with Crippen LogP contribution in [0.4, 0.5) is 0 Å². The van der Waals surface area contributed by atoms with E-state index in [2.05, 4.69) is 6.92 Å². The van der Waals surface area contributed by atoms with Crippen molar-refractivity contribution < 1.29 is 19.1 Å². The zero-order valence-electron chi connectivity index (χ0n) is 19.0. The first kappa shape index (κ1) is 25.5. The molecule has 0 aromatic rings. The molecule has 0 atom stereocenters. The Kier molecular flexibility index (Phi) is 14.3. The predicted molar refractivity (Wildman–Crippen MR) is 119 cm³/mol. The number of ketones is 2. The van der Waals surface area contributed by atoms with Gasteiger partial charge in [-0.25, -0.2) is 0 Å². The van der Waals surface area contributed by atoms with Crippen molar-refractivity contribution in [2.24, 2.45) is 0 Å². The van der Waals surface area contributed by atoms with Crippen LogP contribution in [0.3, 0.4) is 0 Å². The number of allylic oxidation sites excluding steroid dienone is 2. The molecule has 0 amide bonds. The van der Waals surface area contributed by atoms with Crippen LogP contribution in [-0.4, -0.2) is 25.8 Å². The van der Waals surface area contributed by atoms with Gasteiger partial charge in [0.05, 0.1) is 14.2 Å². The molecule has 0 aromatic carbocycles. The maximum atomic E-state index is 12.2. The maximum absolute atomic E-state index is 12.2. The van der Waals surface area contributed by atoms with Gasteiger partial charge in [-0.15, -0.1) is 0 Å². The highest BCUT2D eigenvalue weighted by molar-refractivity contribution is 6.20. The Bertz CT molecular complexity index is 545. The number of unbranched alkanes of at least 4 members (excludes halogenated alkanes) is 14. The van der Waals surface area contributed by atoms with Crippen LogP contribution in [0.25, 0.3) is 0 Å². The zero-order chi connectivity index (χ0) is 21.3. The molecule has 1 aliphatic carbocycles. The Labute approximate surface area is 178 Å². The largest absolute Gasteiger partial charge is 0.492 e. The van der Waals surface area contributed by atoms with Crippen molar-refractivity contribution in [2.45, 2.75) is 110 Å². The molecule has 0 radical (unpaired) electrons. The van der Waals surface area contributed by atoms with E-state index in [1.165, 1.54) is 104 Å². The first-order valence-electron chi connectivity index (χ1n) is 11.8. The lowest BCUT2D eigenvalue weighted by Crippen LogP contribution is -2.21. The lowest BCUT2D eigenvalue weighted by molar-refractivity contribution is -0.121. The van der Waals surface area contributed by atoms with Gasteiger partial charge in [0.15, 0.2) is 17.3 Å². The van der Waals surface area contributed by atoms with E-state index in [1.54, 1.807) is 0 Å². The van der Waals surface area contributed by atoms with Crippen LogP contribution in [0.15, 0.2) is 23.2 Å². The van der Waals surface area contributed by atoms with E-state index >= 15 is 0 Å². The minimum atomic E-state index is -0.328. The van der Waals surface area contributed by atoms with Crippen LogP contribution in [0.2, 0.25) is 0 Å². The molecule has 0 fully saturated rings. The van der Waals surface area contributed by atoms with Gasteiger partial charge < -0.3 is 9.47 Å².